The summed E-state index contributed by atoms with van der Waals surface area (Å²) in [6, 6.07) is 6.92. The molecule has 1 aliphatic rings. The van der Waals surface area contributed by atoms with Crippen molar-refractivity contribution in [3.63, 3.8) is 0 Å². The van der Waals surface area contributed by atoms with E-state index >= 15 is 0 Å². The van der Waals surface area contributed by atoms with Crippen LogP contribution in [0.1, 0.15) is 15.9 Å². The van der Waals surface area contributed by atoms with Gasteiger partial charge in [-0.3, -0.25) is 10.1 Å². The maximum absolute atomic E-state index is 12.7. The number of hydrogen-bond donors (Lipinski definition) is 0. The lowest BCUT2D eigenvalue weighted by Crippen LogP contribution is -2.40. The number of carbonyl (C=O) groups is 1. The van der Waals surface area contributed by atoms with Crippen LogP contribution >= 0.6 is 23.8 Å². The van der Waals surface area contributed by atoms with Crippen LogP contribution < -0.4 is 14.2 Å². The van der Waals surface area contributed by atoms with Crippen LogP contribution in [-0.4, -0.2) is 61.3 Å². The first-order valence-electron chi connectivity index (χ1n) is 9.15. The van der Waals surface area contributed by atoms with Gasteiger partial charge in [-0.2, -0.15) is 0 Å². The third-order valence-corrected chi connectivity index (χ3v) is 5.31. The summed E-state index contributed by atoms with van der Waals surface area (Å²) in [6.45, 7) is 2.45. The molecule has 1 fully saturated rings. The number of benzene rings is 2. The van der Waals surface area contributed by atoms with Crippen molar-refractivity contribution in [2.24, 2.45) is 0 Å². The van der Waals surface area contributed by atoms with E-state index in [0.29, 0.717) is 36.9 Å². The molecule has 0 aliphatic carbocycles. The van der Waals surface area contributed by atoms with E-state index in [4.69, 9.17) is 42.8 Å². The average molecular weight is 467 g/mol. The second-order valence-electron chi connectivity index (χ2n) is 6.42. The van der Waals surface area contributed by atoms with Crippen LogP contribution in [0.25, 0.3) is 0 Å². The Balaban J connectivity index is 1.95. The van der Waals surface area contributed by atoms with Gasteiger partial charge < -0.3 is 23.8 Å². The van der Waals surface area contributed by atoms with E-state index in [0.717, 1.165) is 6.07 Å². The number of morpholine rings is 1. The fourth-order valence-electron chi connectivity index (χ4n) is 3.03. The minimum absolute atomic E-state index is 0.0206. The van der Waals surface area contributed by atoms with Crippen molar-refractivity contribution >= 4 is 40.5 Å². The molecule has 3 rings (SSSR count). The lowest BCUT2D eigenvalue weighted by atomic mass is 10.1. The highest BCUT2D eigenvalue weighted by Crippen LogP contribution is 2.40. The van der Waals surface area contributed by atoms with Gasteiger partial charge in [0.1, 0.15) is 10.6 Å². The van der Waals surface area contributed by atoms with Crippen LogP contribution in [0, 0.1) is 10.1 Å². The Bertz CT molecular complexity index is 1000. The molecule has 0 saturated carbocycles. The SMILES string of the molecule is COc1cc(C(=S)N2CCOCC2)cc(OC)c1OC(=O)c1ccc(Cl)cc1[N+](=O)[O-]. The Hall–Kier alpha value is -2.95. The molecule has 0 radical (unpaired) electrons. The predicted molar refractivity (Wildman–Crippen MR) is 117 cm³/mol. The predicted octanol–water partition coefficient (Wildman–Crippen LogP) is 3.49. The molecular weight excluding hydrogens is 448 g/mol. The number of halogens is 1. The number of methoxy groups -OCH3 is 2. The molecule has 164 valence electrons. The van der Waals surface area contributed by atoms with Crippen molar-refractivity contribution < 1.29 is 28.7 Å². The largest absolute Gasteiger partial charge is 0.493 e. The lowest BCUT2D eigenvalue weighted by molar-refractivity contribution is -0.385. The zero-order valence-corrected chi connectivity index (χ0v) is 18.3. The number of carbonyl (C=O) groups excluding carboxylic acids is 1. The smallest absolute Gasteiger partial charge is 0.350 e. The van der Waals surface area contributed by atoms with Gasteiger partial charge in [0.2, 0.25) is 5.75 Å². The summed E-state index contributed by atoms with van der Waals surface area (Å²) in [7, 11) is 2.80. The summed E-state index contributed by atoms with van der Waals surface area (Å²) in [5, 5.41) is 11.4. The number of rotatable bonds is 6. The summed E-state index contributed by atoms with van der Waals surface area (Å²) < 4.78 is 21.6. The molecule has 1 heterocycles. The molecule has 9 nitrogen and oxygen atoms in total. The van der Waals surface area contributed by atoms with Crippen LogP contribution in [0.4, 0.5) is 5.69 Å². The molecule has 2 aromatic rings. The molecule has 11 heteroatoms. The number of nitrogens with zero attached hydrogens (tertiary/aromatic N) is 2. The summed E-state index contributed by atoms with van der Waals surface area (Å²) in [5.41, 5.74) is -0.0881. The third-order valence-electron chi connectivity index (χ3n) is 4.58. The minimum atomic E-state index is -0.955. The maximum Gasteiger partial charge on any atom is 0.350 e. The molecule has 0 unspecified atom stereocenters. The van der Waals surface area contributed by atoms with Gasteiger partial charge in [0.25, 0.3) is 5.69 Å². The van der Waals surface area contributed by atoms with Crippen molar-refractivity contribution in [3.05, 3.63) is 56.6 Å². The van der Waals surface area contributed by atoms with Crippen LogP contribution in [0.5, 0.6) is 17.2 Å². The highest BCUT2D eigenvalue weighted by atomic mass is 35.5. The number of ether oxygens (including phenoxy) is 4. The molecular formula is C20H19ClN2O7S. The second-order valence-corrected chi connectivity index (χ2v) is 7.25. The summed E-state index contributed by atoms with van der Waals surface area (Å²) in [4.78, 5) is 25.9. The molecule has 2 aromatic carbocycles. The quantitative estimate of drug-likeness (QED) is 0.208. The van der Waals surface area contributed by atoms with Gasteiger partial charge in [-0.1, -0.05) is 23.8 Å². The Morgan fingerprint density at radius 3 is 2.32 bits per heavy atom. The Morgan fingerprint density at radius 2 is 1.77 bits per heavy atom. The lowest BCUT2D eigenvalue weighted by Gasteiger charge is -2.29. The number of esters is 1. The second kappa shape index (κ2) is 9.90. The highest BCUT2D eigenvalue weighted by Gasteiger charge is 2.26. The monoisotopic (exact) mass is 466 g/mol. The van der Waals surface area contributed by atoms with Crippen LogP contribution in [-0.2, 0) is 4.74 Å². The van der Waals surface area contributed by atoms with Crippen LogP contribution in [0.3, 0.4) is 0 Å². The molecule has 31 heavy (non-hydrogen) atoms. The number of thiocarbonyl (C=S) groups is 1. The fraction of sp³-hybridized carbons (Fsp3) is 0.300. The molecule has 0 amide bonds. The van der Waals surface area contributed by atoms with Gasteiger partial charge in [0.15, 0.2) is 11.5 Å². The Labute approximate surface area is 188 Å². The van der Waals surface area contributed by atoms with Crippen molar-refractivity contribution in [3.8, 4) is 17.2 Å². The molecule has 0 atom stereocenters. The molecule has 0 spiro atoms. The zero-order valence-electron chi connectivity index (χ0n) is 16.8. The van der Waals surface area contributed by atoms with Crippen LogP contribution in [0.15, 0.2) is 30.3 Å². The first-order valence-corrected chi connectivity index (χ1v) is 9.93. The average Bonchev–Trinajstić information content (AvgIpc) is 2.78. The fourth-order valence-corrected chi connectivity index (χ4v) is 3.50. The zero-order chi connectivity index (χ0) is 22.5. The van der Waals surface area contributed by atoms with Crippen molar-refractivity contribution in [1.29, 1.82) is 0 Å². The van der Waals surface area contributed by atoms with E-state index in [1.165, 1.54) is 26.4 Å². The Kier molecular flexibility index (Phi) is 7.26. The van der Waals surface area contributed by atoms with Crippen molar-refractivity contribution in [1.82, 2.24) is 4.90 Å². The first-order chi connectivity index (χ1) is 14.8. The van der Waals surface area contributed by atoms with E-state index < -0.39 is 16.6 Å². The number of nitro benzene ring substituents is 1. The topological polar surface area (TPSA) is 100 Å². The third kappa shape index (κ3) is 5.04. The molecule has 0 N–H and O–H groups in total. The molecule has 0 aromatic heterocycles. The summed E-state index contributed by atoms with van der Waals surface area (Å²) in [6.07, 6.45) is 0. The van der Waals surface area contributed by atoms with Gasteiger partial charge in [0, 0.05) is 29.7 Å². The van der Waals surface area contributed by atoms with E-state index in [1.807, 2.05) is 4.90 Å². The first kappa shape index (κ1) is 22.7. The normalized spacial score (nSPS) is 13.5. The van der Waals surface area contributed by atoms with Gasteiger partial charge in [-0.05, 0) is 24.3 Å². The minimum Gasteiger partial charge on any atom is -0.493 e. The van der Waals surface area contributed by atoms with E-state index in [2.05, 4.69) is 0 Å². The molecule has 1 aliphatic heterocycles. The molecule has 1 saturated heterocycles. The number of hydrogen-bond acceptors (Lipinski definition) is 8. The summed E-state index contributed by atoms with van der Waals surface area (Å²) in [5.74, 6) is -0.596. The van der Waals surface area contributed by atoms with Gasteiger partial charge in [0.05, 0.1) is 32.4 Å². The van der Waals surface area contributed by atoms with Crippen molar-refractivity contribution in [2.45, 2.75) is 0 Å². The van der Waals surface area contributed by atoms with Crippen LogP contribution in [0.2, 0.25) is 5.02 Å². The maximum atomic E-state index is 12.7. The highest BCUT2D eigenvalue weighted by molar-refractivity contribution is 7.80. The van der Waals surface area contributed by atoms with E-state index in [1.54, 1.807) is 12.1 Å². The van der Waals surface area contributed by atoms with Gasteiger partial charge in [-0.15, -0.1) is 0 Å². The summed E-state index contributed by atoms with van der Waals surface area (Å²) >= 11 is 11.4. The van der Waals surface area contributed by atoms with Crippen molar-refractivity contribution in [2.75, 3.05) is 40.5 Å². The van der Waals surface area contributed by atoms with Gasteiger partial charge in [-0.25, -0.2) is 4.79 Å². The molecule has 0 bridgehead atoms. The van der Waals surface area contributed by atoms with E-state index in [-0.39, 0.29) is 27.8 Å². The standard InChI is InChI=1S/C20H19ClN2O7S/c1-27-16-9-12(19(31)22-5-7-29-8-6-22)10-17(28-2)18(16)30-20(24)14-4-3-13(21)11-15(14)23(25)26/h3-4,9-11H,5-8H2,1-2H3. The Morgan fingerprint density at radius 1 is 1.16 bits per heavy atom. The van der Waals surface area contributed by atoms with E-state index in [9.17, 15) is 14.9 Å². The number of nitro groups is 1. The van der Waals surface area contributed by atoms with Gasteiger partial charge >= 0.3 is 5.97 Å².